The Morgan fingerprint density at radius 1 is 1.06 bits per heavy atom. The minimum atomic E-state index is -0.734. The molecule has 86 valence electrons. The number of aromatic nitrogens is 1. The van der Waals surface area contributed by atoms with Gasteiger partial charge in [0, 0.05) is 6.20 Å². The Morgan fingerprint density at radius 3 is 2.53 bits per heavy atom. The maximum atomic E-state index is 11.3. The number of hydrogen-bond donors (Lipinski definition) is 0. The summed E-state index contributed by atoms with van der Waals surface area (Å²) in [6.45, 7) is 0.104. The van der Waals surface area contributed by atoms with E-state index in [0.717, 1.165) is 0 Å². The van der Waals surface area contributed by atoms with Crippen LogP contribution in [0.1, 0.15) is 5.69 Å². The third kappa shape index (κ3) is 3.61. The van der Waals surface area contributed by atoms with Gasteiger partial charge in [-0.25, -0.2) is 4.79 Å². The summed E-state index contributed by atoms with van der Waals surface area (Å²) in [5.74, 6) is 0.457. The van der Waals surface area contributed by atoms with Crippen LogP contribution in [0.4, 0.5) is 4.79 Å². The van der Waals surface area contributed by atoms with Crippen LogP contribution in [-0.4, -0.2) is 11.1 Å². The van der Waals surface area contributed by atoms with Crippen molar-refractivity contribution < 1.29 is 14.3 Å². The monoisotopic (exact) mass is 229 g/mol. The van der Waals surface area contributed by atoms with E-state index in [1.165, 1.54) is 0 Å². The predicted octanol–water partition coefficient (Wildman–Crippen LogP) is 2.80. The Balaban J connectivity index is 1.83. The van der Waals surface area contributed by atoms with E-state index in [9.17, 15) is 4.79 Å². The first-order valence-corrected chi connectivity index (χ1v) is 5.14. The number of carbonyl (C=O) groups excluding carboxylic acids is 1. The van der Waals surface area contributed by atoms with E-state index in [1.807, 2.05) is 12.1 Å². The Labute approximate surface area is 98.8 Å². The molecule has 0 fully saturated rings. The van der Waals surface area contributed by atoms with E-state index >= 15 is 0 Å². The second-order valence-electron chi connectivity index (χ2n) is 3.27. The molecular formula is C13H11NO3. The van der Waals surface area contributed by atoms with Crippen LogP contribution in [0, 0.1) is 0 Å². The average Bonchev–Trinajstić information content (AvgIpc) is 2.39. The zero-order chi connectivity index (χ0) is 11.9. The first-order valence-electron chi connectivity index (χ1n) is 5.14. The first kappa shape index (κ1) is 11.1. The highest BCUT2D eigenvalue weighted by Gasteiger charge is 2.05. The molecule has 0 spiro atoms. The van der Waals surface area contributed by atoms with Gasteiger partial charge in [0.15, 0.2) is 0 Å². The fourth-order valence-corrected chi connectivity index (χ4v) is 1.23. The molecule has 0 saturated heterocycles. The predicted molar refractivity (Wildman–Crippen MR) is 61.5 cm³/mol. The standard InChI is InChI=1S/C13H11NO3/c15-13(17-12-7-2-1-3-8-12)16-10-11-6-4-5-9-14-11/h1-9H,10H2. The third-order valence-electron chi connectivity index (χ3n) is 2.01. The van der Waals surface area contributed by atoms with Crippen LogP contribution in [0.15, 0.2) is 54.7 Å². The lowest BCUT2D eigenvalue weighted by Gasteiger charge is -2.04. The van der Waals surface area contributed by atoms with Crippen molar-refractivity contribution in [3.05, 3.63) is 60.4 Å². The molecule has 0 amide bonds. The highest BCUT2D eigenvalue weighted by molar-refractivity contribution is 5.63. The molecule has 0 bridgehead atoms. The SMILES string of the molecule is O=C(OCc1ccccn1)Oc1ccccc1. The minimum Gasteiger partial charge on any atom is -0.427 e. The van der Waals surface area contributed by atoms with Crippen LogP contribution in [0.2, 0.25) is 0 Å². The molecule has 1 aromatic heterocycles. The maximum absolute atomic E-state index is 11.3. The number of carbonyl (C=O) groups is 1. The van der Waals surface area contributed by atoms with Gasteiger partial charge in [-0.3, -0.25) is 4.98 Å². The maximum Gasteiger partial charge on any atom is 0.514 e. The van der Waals surface area contributed by atoms with E-state index in [2.05, 4.69) is 4.98 Å². The number of para-hydroxylation sites is 1. The van der Waals surface area contributed by atoms with Crippen molar-refractivity contribution in [2.45, 2.75) is 6.61 Å². The number of pyridine rings is 1. The van der Waals surface area contributed by atoms with Gasteiger partial charge < -0.3 is 9.47 Å². The average molecular weight is 229 g/mol. The quantitative estimate of drug-likeness (QED) is 0.599. The summed E-state index contributed by atoms with van der Waals surface area (Å²) >= 11 is 0. The molecule has 4 nitrogen and oxygen atoms in total. The van der Waals surface area contributed by atoms with Crippen molar-refractivity contribution >= 4 is 6.16 Å². The molecule has 2 rings (SSSR count). The van der Waals surface area contributed by atoms with Crippen molar-refractivity contribution in [3.8, 4) is 5.75 Å². The van der Waals surface area contributed by atoms with E-state index in [-0.39, 0.29) is 6.61 Å². The van der Waals surface area contributed by atoms with E-state index < -0.39 is 6.16 Å². The lowest BCUT2D eigenvalue weighted by molar-refractivity contribution is 0.0916. The Kier molecular flexibility index (Phi) is 3.70. The number of nitrogens with zero attached hydrogens (tertiary/aromatic N) is 1. The van der Waals surface area contributed by atoms with Gasteiger partial charge in [0.1, 0.15) is 12.4 Å². The fraction of sp³-hybridized carbons (Fsp3) is 0.0769. The summed E-state index contributed by atoms with van der Waals surface area (Å²) < 4.78 is 9.86. The minimum absolute atomic E-state index is 0.104. The van der Waals surface area contributed by atoms with E-state index in [1.54, 1.807) is 42.6 Å². The molecular weight excluding hydrogens is 218 g/mol. The van der Waals surface area contributed by atoms with Gasteiger partial charge in [0.05, 0.1) is 5.69 Å². The van der Waals surface area contributed by atoms with Gasteiger partial charge >= 0.3 is 6.16 Å². The molecule has 2 aromatic rings. The fourth-order valence-electron chi connectivity index (χ4n) is 1.23. The summed E-state index contributed by atoms with van der Waals surface area (Å²) in [7, 11) is 0. The zero-order valence-electron chi connectivity index (χ0n) is 9.08. The van der Waals surface area contributed by atoms with Crippen LogP contribution >= 0.6 is 0 Å². The van der Waals surface area contributed by atoms with Gasteiger partial charge in [0.25, 0.3) is 0 Å². The highest BCUT2D eigenvalue weighted by atomic mass is 16.7. The second kappa shape index (κ2) is 5.65. The van der Waals surface area contributed by atoms with E-state index in [0.29, 0.717) is 11.4 Å². The highest BCUT2D eigenvalue weighted by Crippen LogP contribution is 2.09. The number of ether oxygens (including phenoxy) is 2. The Hall–Kier alpha value is -2.36. The van der Waals surface area contributed by atoms with Gasteiger partial charge in [-0.05, 0) is 24.3 Å². The molecule has 0 aliphatic heterocycles. The number of rotatable bonds is 3. The molecule has 0 aliphatic carbocycles. The normalized spacial score (nSPS) is 9.65. The molecule has 0 N–H and O–H groups in total. The molecule has 0 unspecified atom stereocenters. The molecule has 4 heteroatoms. The molecule has 1 heterocycles. The third-order valence-corrected chi connectivity index (χ3v) is 2.01. The summed E-state index contributed by atoms with van der Waals surface area (Å²) in [6, 6.07) is 14.2. The molecule has 0 aliphatic rings. The first-order chi connectivity index (χ1) is 8.34. The van der Waals surface area contributed by atoms with Gasteiger partial charge in [-0.1, -0.05) is 24.3 Å². The topological polar surface area (TPSA) is 48.4 Å². The van der Waals surface area contributed by atoms with Crippen molar-refractivity contribution in [2.24, 2.45) is 0 Å². The zero-order valence-corrected chi connectivity index (χ0v) is 9.08. The Morgan fingerprint density at radius 2 is 1.82 bits per heavy atom. The summed E-state index contributed by atoms with van der Waals surface area (Å²) in [5, 5.41) is 0. The van der Waals surface area contributed by atoms with Crippen LogP contribution < -0.4 is 4.74 Å². The lowest BCUT2D eigenvalue weighted by atomic mass is 10.3. The largest absolute Gasteiger partial charge is 0.514 e. The van der Waals surface area contributed by atoms with Gasteiger partial charge in [-0.15, -0.1) is 0 Å². The molecule has 1 aromatic carbocycles. The molecule has 0 saturated carbocycles. The lowest BCUT2D eigenvalue weighted by Crippen LogP contribution is -2.10. The van der Waals surface area contributed by atoms with Crippen molar-refractivity contribution in [3.63, 3.8) is 0 Å². The van der Waals surface area contributed by atoms with Crippen LogP contribution in [0.3, 0.4) is 0 Å². The summed E-state index contributed by atoms with van der Waals surface area (Å²) in [5.41, 5.74) is 0.678. The van der Waals surface area contributed by atoms with Crippen molar-refractivity contribution in [2.75, 3.05) is 0 Å². The number of hydrogen-bond acceptors (Lipinski definition) is 4. The van der Waals surface area contributed by atoms with Crippen molar-refractivity contribution in [1.29, 1.82) is 0 Å². The smallest absolute Gasteiger partial charge is 0.427 e. The second-order valence-corrected chi connectivity index (χ2v) is 3.27. The van der Waals surface area contributed by atoms with Crippen molar-refractivity contribution in [1.82, 2.24) is 4.98 Å². The van der Waals surface area contributed by atoms with Crippen LogP contribution in [-0.2, 0) is 11.3 Å². The van der Waals surface area contributed by atoms with E-state index in [4.69, 9.17) is 9.47 Å². The van der Waals surface area contributed by atoms with Crippen LogP contribution in [0.5, 0.6) is 5.75 Å². The molecule has 0 atom stereocenters. The summed E-state index contributed by atoms with van der Waals surface area (Å²) in [6.07, 6.45) is 0.906. The number of benzene rings is 1. The molecule has 17 heavy (non-hydrogen) atoms. The Bertz CT molecular complexity index is 471. The van der Waals surface area contributed by atoms with Crippen LogP contribution in [0.25, 0.3) is 0 Å². The molecule has 0 radical (unpaired) electrons. The van der Waals surface area contributed by atoms with Gasteiger partial charge in [-0.2, -0.15) is 0 Å². The summed E-state index contributed by atoms with van der Waals surface area (Å²) in [4.78, 5) is 15.3. The van der Waals surface area contributed by atoms with Gasteiger partial charge in [0.2, 0.25) is 0 Å².